The molecule has 146 valence electrons. The minimum absolute atomic E-state index is 0.300. The molecule has 7 heteroatoms. The Balaban J connectivity index is 1.76. The van der Waals surface area contributed by atoms with Crippen LogP contribution >= 0.6 is 11.6 Å². The second kappa shape index (κ2) is 7.56. The van der Waals surface area contributed by atoms with Gasteiger partial charge in [0.25, 0.3) is 5.91 Å². The molecule has 2 aromatic carbocycles. The third-order valence-electron chi connectivity index (χ3n) is 4.63. The SMILES string of the molecule is COc1cccc(-n2nc(C)c3c(Cl)c(C(=O)Nc4cccc(C)c4)cnc32)c1. The molecule has 0 unspecified atom stereocenters. The van der Waals surface area contributed by atoms with Gasteiger partial charge in [-0.05, 0) is 43.7 Å². The number of nitrogens with zero attached hydrogens (tertiary/aromatic N) is 3. The number of carbonyl (C=O) groups is 1. The van der Waals surface area contributed by atoms with E-state index in [-0.39, 0.29) is 5.91 Å². The average molecular weight is 407 g/mol. The molecular weight excluding hydrogens is 388 g/mol. The second-order valence-electron chi connectivity index (χ2n) is 6.71. The minimum Gasteiger partial charge on any atom is -0.497 e. The van der Waals surface area contributed by atoms with Crippen molar-refractivity contribution in [3.8, 4) is 11.4 Å². The van der Waals surface area contributed by atoms with Crippen LogP contribution in [0.4, 0.5) is 5.69 Å². The number of anilines is 1. The van der Waals surface area contributed by atoms with Crippen LogP contribution in [0.2, 0.25) is 5.02 Å². The molecule has 0 spiro atoms. The van der Waals surface area contributed by atoms with Gasteiger partial charge >= 0.3 is 0 Å². The van der Waals surface area contributed by atoms with Crippen LogP contribution in [0.1, 0.15) is 21.6 Å². The molecular formula is C22H19ClN4O2. The highest BCUT2D eigenvalue weighted by molar-refractivity contribution is 6.39. The monoisotopic (exact) mass is 406 g/mol. The summed E-state index contributed by atoms with van der Waals surface area (Å²) in [6, 6.07) is 15.1. The summed E-state index contributed by atoms with van der Waals surface area (Å²) in [6.07, 6.45) is 1.48. The maximum Gasteiger partial charge on any atom is 0.258 e. The van der Waals surface area contributed by atoms with Crippen LogP contribution in [0.3, 0.4) is 0 Å². The molecule has 0 radical (unpaired) electrons. The van der Waals surface area contributed by atoms with Crippen molar-refractivity contribution in [1.29, 1.82) is 0 Å². The first-order valence-corrected chi connectivity index (χ1v) is 9.42. The Morgan fingerprint density at radius 1 is 1.14 bits per heavy atom. The number of fused-ring (bicyclic) bond motifs is 1. The topological polar surface area (TPSA) is 69.0 Å². The van der Waals surface area contributed by atoms with Gasteiger partial charge in [-0.25, -0.2) is 9.67 Å². The van der Waals surface area contributed by atoms with E-state index in [0.717, 1.165) is 11.3 Å². The van der Waals surface area contributed by atoms with E-state index in [9.17, 15) is 4.79 Å². The first-order chi connectivity index (χ1) is 14.0. The molecule has 0 aliphatic rings. The van der Waals surface area contributed by atoms with Gasteiger partial charge in [0.2, 0.25) is 0 Å². The number of hydrogen-bond acceptors (Lipinski definition) is 4. The highest BCUT2D eigenvalue weighted by atomic mass is 35.5. The highest BCUT2D eigenvalue weighted by Crippen LogP contribution is 2.31. The summed E-state index contributed by atoms with van der Waals surface area (Å²) >= 11 is 6.62. The molecule has 0 aliphatic carbocycles. The number of ether oxygens (including phenoxy) is 1. The number of nitrogens with one attached hydrogen (secondary N) is 1. The van der Waals surface area contributed by atoms with Crippen molar-refractivity contribution in [2.45, 2.75) is 13.8 Å². The maximum atomic E-state index is 12.8. The summed E-state index contributed by atoms with van der Waals surface area (Å²) in [5.41, 5.74) is 4.11. The summed E-state index contributed by atoms with van der Waals surface area (Å²) in [4.78, 5) is 17.3. The van der Waals surface area contributed by atoms with E-state index in [4.69, 9.17) is 16.3 Å². The van der Waals surface area contributed by atoms with Crippen LogP contribution in [0.5, 0.6) is 5.75 Å². The lowest BCUT2D eigenvalue weighted by Crippen LogP contribution is -2.13. The molecule has 29 heavy (non-hydrogen) atoms. The van der Waals surface area contributed by atoms with Gasteiger partial charge in [0.1, 0.15) is 5.75 Å². The smallest absolute Gasteiger partial charge is 0.258 e. The maximum absolute atomic E-state index is 12.8. The Hall–Kier alpha value is -3.38. The summed E-state index contributed by atoms with van der Waals surface area (Å²) in [6.45, 7) is 3.81. The quantitative estimate of drug-likeness (QED) is 0.520. The number of aryl methyl sites for hydroxylation is 2. The van der Waals surface area contributed by atoms with Crippen LogP contribution in [0.15, 0.2) is 54.7 Å². The number of carbonyl (C=O) groups excluding carboxylic acids is 1. The van der Waals surface area contributed by atoms with Gasteiger partial charge in [0, 0.05) is 18.0 Å². The van der Waals surface area contributed by atoms with E-state index in [0.29, 0.717) is 38.8 Å². The lowest BCUT2D eigenvalue weighted by atomic mass is 10.1. The molecule has 4 rings (SSSR count). The molecule has 0 saturated heterocycles. The van der Waals surface area contributed by atoms with Crippen molar-refractivity contribution in [1.82, 2.24) is 14.8 Å². The van der Waals surface area contributed by atoms with Gasteiger partial charge in [-0.15, -0.1) is 0 Å². The molecule has 1 amide bonds. The number of amides is 1. The van der Waals surface area contributed by atoms with E-state index in [1.165, 1.54) is 6.20 Å². The summed E-state index contributed by atoms with van der Waals surface area (Å²) in [5.74, 6) is 0.396. The van der Waals surface area contributed by atoms with Crippen molar-refractivity contribution in [3.05, 3.63) is 76.6 Å². The minimum atomic E-state index is -0.316. The van der Waals surface area contributed by atoms with Crippen LogP contribution in [-0.2, 0) is 0 Å². The first-order valence-electron chi connectivity index (χ1n) is 9.04. The first kappa shape index (κ1) is 19.0. The fourth-order valence-corrected chi connectivity index (χ4v) is 3.57. The summed E-state index contributed by atoms with van der Waals surface area (Å²) in [7, 11) is 1.61. The predicted molar refractivity (Wildman–Crippen MR) is 114 cm³/mol. The zero-order valence-corrected chi connectivity index (χ0v) is 17.0. The molecule has 4 aromatic rings. The summed E-state index contributed by atoms with van der Waals surface area (Å²) in [5, 5.41) is 8.42. The van der Waals surface area contributed by atoms with Gasteiger partial charge in [0.15, 0.2) is 5.65 Å². The van der Waals surface area contributed by atoms with Crippen molar-refractivity contribution in [2.75, 3.05) is 12.4 Å². The molecule has 6 nitrogen and oxygen atoms in total. The molecule has 2 heterocycles. The standard InChI is InChI=1S/C22H19ClN4O2/c1-13-6-4-7-15(10-13)25-22(28)18-12-24-21-19(20(18)23)14(2)26-27(21)16-8-5-9-17(11-16)29-3/h4-12H,1-3H3,(H,25,28). The Morgan fingerprint density at radius 3 is 2.69 bits per heavy atom. The van der Waals surface area contributed by atoms with Gasteiger partial charge < -0.3 is 10.1 Å². The van der Waals surface area contributed by atoms with Crippen LogP contribution in [0, 0.1) is 13.8 Å². The molecule has 0 saturated carbocycles. The van der Waals surface area contributed by atoms with E-state index >= 15 is 0 Å². The average Bonchev–Trinajstić information content (AvgIpc) is 3.05. The number of halogens is 1. The molecule has 0 atom stereocenters. The lowest BCUT2D eigenvalue weighted by Gasteiger charge is -2.09. The van der Waals surface area contributed by atoms with Gasteiger partial charge in [-0.3, -0.25) is 4.79 Å². The van der Waals surface area contributed by atoms with Crippen molar-refractivity contribution < 1.29 is 9.53 Å². The second-order valence-corrected chi connectivity index (χ2v) is 7.08. The number of hydrogen-bond donors (Lipinski definition) is 1. The number of benzene rings is 2. The van der Waals surface area contributed by atoms with Gasteiger partial charge in [-0.2, -0.15) is 5.10 Å². The summed E-state index contributed by atoms with van der Waals surface area (Å²) < 4.78 is 6.99. The number of aromatic nitrogens is 3. The van der Waals surface area contributed by atoms with Crippen molar-refractivity contribution in [3.63, 3.8) is 0 Å². The lowest BCUT2D eigenvalue weighted by molar-refractivity contribution is 0.102. The normalized spacial score (nSPS) is 10.9. The Bertz CT molecular complexity index is 1230. The van der Waals surface area contributed by atoms with Crippen LogP contribution < -0.4 is 10.1 Å². The fraction of sp³-hybridized carbons (Fsp3) is 0.136. The largest absolute Gasteiger partial charge is 0.497 e. The Kier molecular flexibility index (Phi) is 4.94. The highest BCUT2D eigenvalue weighted by Gasteiger charge is 2.20. The number of rotatable bonds is 4. The molecule has 0 fully saturated rings. The van der Waals surface area contributed by atoms with Crippen molar-refractivity contribution >= 4 is 34.2 Å². The predicted octanol–water partition coefficient (Wildman–Crippen LogP) is 4.95. The zero-order valence-electron chi connectivity index (χ0n) is 16.2. The van der Waals surface area contributed by atoms with E-state index in [1.807, 2.05) is 62.4 Å². The molecule has 0 aliphatic heterocycles. The number of pyridine rings is 1. The van der Waals surface area contributed by atoms with E-state index in [1.54, 1.807) is 11.8 Å². The zero-order chi connectivity index (χ0) is 20.5. The molecule has 2 aromatic heterocycles. The van der Waals surface area contributed by atoms with E-state index in [2.05, 4.69) is 15.4 Å². The van der Waals surface area contributed by atoms with Crippen LogP contribution in [-0.4, -0.2) is 27.8 Å². The van der Waals surface area contributed by atoms with Crippen LogP contribution in [0.25, 0.3) is 16.7 Å². The van der Waals surface area contributed by atoms with Gasteiger partial charge in [0.05, 0.1) is 34.5 Å². The Morgan fingerprint density at radius 2 is 1.93 bits per heavy atom. The third-order valence-corrected chi connectivity index (χ3v) is 5.02. The fourth-order valence-electron chi connectivity index (χ4n) is 3.21. The van der Waals surface area contributed by atoms with E-state index < -0.39 is 0 Å². The number of methoxy groups -OCH3 is 1. The molecule has 1 N–H and O–H groups in total. The third kappa shape index (κ3) is 3.54. The molecule has 0 bridgehead atoms. The Labute approximate surface area is 173 Å². The van der Waals surface area contributed by atoms with Gasteiger partial charge in [-0.1, -0.05) is 29.8 Å². The van der Waals surface area contributed by atoms with Crippen molar-refractivity contribution in [2.24, 2.45) is 0 Å².